The number of rotatable bonds is 6. The van der Waals surface area contributed by atoms with E-state index in [9.17, 15) is 14.0 Å². The fourth-order valence-corrected chi connectivity index (χ4v) is 3.18. The van der Waals surface area contributed by atoms with Gasteiger partial charge in [-0.3, -0.25) is 9.59 Å². The maximum Gasteiger partial charge on any atom is 0.256 e. The predicted molar refractivity (Wildman–Crippen MR) is 106 cm³/mol. The third-order valence-corrected chi connectivity index (χ3v) is 4.90. The van der Waals surface area contributed by atoms with Gasteiger partial charge in [-0.2, -0.15) is 0 Å². The minimum absolute atomic E-state index is 0.00537. The average Bonchev–Trinajstić information content (AvgIpc) is 2.72. The molecular formula is C21H24FN3O4. The molecule has 0 bridgehead atoms. The van der Waals surface area contributed by atoms with Crippen LogP contribution in [0.5, 0.6) is 11.5 Å². The van der Waals surface area contributed by atoms with Crippen LogP contribution in [0, 0.1) is 5.82 Å². The molecule has 1 saturated heterocycles. The number of piperazine rings is 1. The summed E-state index contributed by atoms with van der Waals surface area (Å²) in [5.74, 6) is -1.000. The molecule has 8 heteroatoms. The van der Waals surface area contributed by atoms with Gasteiger partial charge in [0.1, 0.15) is 12.4 Å². The normalized spacial score (nSPS) is 14.5. The smallest absolute Gasteiger partial charge is 0.256 e. The van der Waals surface area contributed by atoms with Gasteiger partial charge in [-0.1, -0.05) is 12.1 Å². The van der Waals surface area contributed by atoms with Crippen molar-refractivity contribution in [3.63, 3.8) is 0 Å². The quantitative estimate of drug-likeness (QED) is 0.799. The Morgan fingerprint density at radius 3 is 2.48 bits per heavy atom. The van der Waals surface area contributed by atoms with Crippen molar-refractivity contribution < 1.29 is 23.5 Å². The van der Waals surface area contributed by atoms with Crippen LogP contribution in [0.2, 0.25) is 0 Å². The van der Waals surface area contributed by atoms with Gasteiger partial charge in [0, 0.05) is 26.2 Å². The monoisotopic (exact) mass is 401 g/mol. The van der Waals surface area contributed by atoms with Crippen molar-refractivity contribution in [3.8, 4) is 11.5 Å². The van der Waals surface area contributed by atoms with E-state index in [0.717, 1.165) is 13.1 Å². The molecule has 2 N–H and O–H groups in total. The number of amides is 2. The first-order chi connectivity index (χ1) is 13.9. The lowest BCUT2D eigenvalue weighted by Crippen LogP contribution is -2.47. The fourth-order valence-electron chi connectivity index (χ4n) is 3.18. The van der Waals surface area contributed by atoms with Crippen LogP contribution in [-0.2, 0) is 6.61 Å². The van der Waals surface area contributed by atoms with Crippen LogP contribution < -0.4 is 15.2 Å². The summed E-state index contributed by atoms with van der Waals surface area (Å²) in [5.41, 5.74) is 6.18. The molecule has 0 atom stereocenters. The molecule has 29 heavy (non-hydrogen) atoms. The van der Waals surface area contributed by atoms with Gasteiger partial charge in [0.2, 0.25) is 0 Å². The van der Waals surface area contributed by atoms with Crippen molar-refractivity contribution >= 4 is 11.8 Å². The lowest BCUT2D eigenvalue weighted by Gasteiger charge is -2.32. The number of benzene rings is 2. The summed E-state index contributed by atoms with van der Waals surface area (Å²) in [6.45, 7) is 2.63. The maximum atomic E-state index is 14.3. The predicted octanol–water partition coefficient (Wildman–Crippen LogP) is 1.90. The van der Waals surface area contributed by atoms with Crippen molar-refractivity contribution in [2.75, 3.05) is 40.3 Å². The third-order valence-electron chi connectivity index (χ3n) is 4.90. The standard InChI is InChI=1S/C21H24FN3O4/c1-24-8-10-25(11-9-24)21(27)16-12-14(6-7-17(16)22)13-29-19-15(20(23)26)4-3-5-18(19)28-2/h3-7,12H,8-11,13H2,1-2H3,(H2,23,26). The van der Waals surface area contributed by atoms with Crippen LogP contribution in [0.15, 0.2) is 36.4 Å². The highest BCUT2D eigenvalue weighted by Crippen LogP contribution is 2.31. The molecule has 1 heterocycles. The van der Waals surface area contributed by atoms with Crippen molar-refractivity contribution in [1.29, 1.82) is 0 Å². The van der Waals surface area contributed by atoms with E-state index in [0.29, 0.717) is 24.4 Å². The Hall–Kier alpha value is -3.13. The molecule has 1 fully saturated rings. The zero-order valence-electron chi connectivity index (χ0n) is 16.5. The molecule has 0 aromatic heterocycles. The molecule has 0 radical (unpaired) electrons. The summed E-state index contributed by atoms with van der Waals surface area (Å²) in [6.07, 6.45) is 0. The molecule has 1 aliphatic heterocycles. The van der Waals surface area contributed by atoms with Crippen LogP contribution in [-0.4, -0.2) is 62.0 Å². The van der Waals surface area contributed by atoms with Crippen molar-refractivity contribution in [1.82, 2.24) is 9.80 Å². The molecule has 0 unspecified atom stereocenters. The fraction of sp³-hybridized carbons (Fsp3) is 0.333. The number of carbonyl (C=O) groups excluding carboxylic acids is 2. The van der Waals surface area contributed by atoms with Gasteiger partial charge >= 0.3 is 0 Å². The largest absolute Gasteiger partial charge is 0.493 e. The Kier molecular flexibility index (Phi) is 6.33. The number of ether oxygens (including phenoxy) is 2. The molecule has 0 spiro atoms. The SMILES string of the molecule is COc1cccc(C(N)=O)c1OCc1ccc(F)c(C(=O)N2CCN(C)CC2)c1. The van der Waals surface area contributed by atoms with Crippen LogP contribution in [0.25, 0.3) is 0 Å². The van der Waals surface area contributed by atoms with E-state index >= 15 is 0 Å². The molecule has 2 aromatic rings. The van der Waals surface area contributed by atoms with Gasteiger partial charge in [-0.15, -0.1) is 0 Å². The van der Waals surface area contributed by atoms with Gasteiger partial charge in [-0.25, -0.2) is 4.39 Å². The highest BCUT2D eigenvalue weighted by molar-refractivity contribution is 5.96. The van der Waals surface area contributed by atoms with Gasteiger partial charge in [-0.05, 0) is 36.9 Å². The first kappa shape index (κ1) is 20.6. The number of nitrogens with zero attached hydrogens (tertiary/aromatic N) is 2. The average molecular weight is 401 g/mol. The number of hydrogen-bond acceptors (Lipinski definition) is 5. The summed E-state index contributed by atoms with van der Waals surface area (Å²) in [4.78, 5) is 28.2. The molecule has 154 valence electrons. The van der Waals surface area contributed by atoms with Crippen LogP contribution >= 0.6 is 0 Å². The number of primary amides is 1. The molecule has 7 nitrogen and oxygen atoms in total. The lowest BCUT2D eigenvalue weighted by atomic mass is 10.1. The van der Waals surface area contributed by atoms with E-state index in [1.807, 2.05) is 7.05 Å². The van der Waals surface area contributed by atoms with Gasteiger partial charge in [0.15, 0.2) is 11.5 Å². The van der Waals surface area contributed by atoms with E-state index < -0.39 is 11.7 Å². The Morgan fingerprint density at radius 1 is 1.10 bits per heavy atom. The van der Waals surface area contributed by atoms with Gasteiger partial charge in [0.25, 0.3) is 11.8 Å². The summed E-state index contributed by atoms with van der Waals surface area (Å²) >= 11 is 0. The van der Waals surface area contributed by atoms with E-state index in [2.05, 4.69) is 4.90 Å². The number of methoxy groups -OCH3 is 1. The number of likely N-dealkylation sites (N-methyl/N-ethyl adjacent to an activating group) is 1. The molecule has 2 amide bonds. The second-order valence-electron chi connectivity index (χ2n) is 6.90. The van der Waals surface area contributed by atoms with E-state index in [1.54, 1.807) is 17.0 Å². The van der Waals surface area contributed by atoms with Crippen molar-refractivity contribution in [2.45, 2.75) is 6.61 Å². The first-order valence-electron chi connectivity index (χ1n) is 9.26. The minimum atomic E-state index is -0.649. The van der Waals surface area contributed by atoms with E-state index in [1.165, 1.54) is 31.4 Å². The summed E-state index contributed by atoms with van der Waals surface area (Å²) in [6, 6.07) is 9.09. The maximum absolute atomic E-state index is 14.3. The number of carbonyl (C=O) groups is 2. The molecule has 0 aliphatic carbocycles. The highest BCUT2D eigenvalue weighted by atomic mass is 19.1. The molecule has 1 aliphatic rings. The van der Waals surface area contributed by atoms with Crippen molar-refractivity contribution in [2.24, 2.45) is 5.73 Å². The third kappa shape index (κ3) is 4.65. The zero-order valence-corrected chi connectivity index (χ0v) is 16.5. The molecule has 0 saturated carbocycles. The Morgan fingerprint density at radius 2 is 1.83 bits per heavy atom. The number of para-hydroxylation sites is 1. The van der Waals surface area contributed by atoms with Crippen LogP contribution in [0.1, 0.15) is 26.3 Å². The van der Waals surface area contributed by atoms with Gasteiger partial charge in [0.05, 0.1) is 18.2 Å². The molecule has 3 rings (SSSR count). The number of hydrogen-bond donors (Lipinski definition) is 1. The Labute approximate surface area is 168 Å². The summed E-state index contributed by atoms with van der Waals surface area (Å²) < 4.78 is 25.3. The van der Waals surface area contributed by atoms with E-state index in [-0.39, 0.29) is 29.4 Å². The Bertz CT molecular complexity index is 911. The highest BCUT2D eigenvalue weighted by Gasteiger charge is 2.23. The van der Waals surface area contributed by atoms with Crippen molar-refractivity contribution in [3.05, 3.63) is 58.9 Å². The van der Waals surface area contributed by atoms with Crippen LogP contribution in [0.3, 0.4) is 0 Å². The molecule has 2 aromatic carbocycles. The summed E-state index contributed by atoms with van der Waals surface area (Å²) in [7, 11) is 3.44. The topological polar surface area (TPSA) is 85.1 Å². The number of nitrogens with two attached hydrogens (primary N) is 1. The second-order valence-corrected chi connectivity index (χ2v) is 6.90. The second kappa shape index (κ2) is 8.91. The summed E-state index contributed by atoms with van der Waals surface area (Å²) in [5, 5.41) is 0. The van der Waals surface area contributed by atoms with Gasteiger partial charge < -0.3 is 25.0 Å². The van der Waals surface area contributed by atoms with Crippen LogP contribution in [0.4, 0.5) is 4.39 Å². The Balaban J connectivity index is 1.79. The number of halogens is 1. The first-order valence-corrected chi connectivity index (χ1v) is 9.26. The van der Waals surface area contributed by atoms with E-state index in [4.69, 9.17) is 15.2 Å². The minimum Gasteiger partial charge on any atom is -0.493 e. The molecular weight excluding hydrogens is 377 g/mol. The lowest BCUT2D eigenvalue weighted by molar-refractivity contribution is 0.0659. The zero-order chi connectivity index (χ0) is 21.0.